The average molecular weight is 264 g/mol. The van der Waals surface area contributed by atoms with Gasteiger partial charge in [-0.1, -0.05) is 12.2 Å². The lowest BCUT2D eigenvalue weighted by atomic mass is 10.2. The fourth-order valence-corrected chi connectivity index (χ4v) is 2.88. The SMILES string of the molecule is Cc1nn(C)c(N(CC2CC2)C2CC2)c1C(N)=S. The van der Waals surface area contributed by atoms with Gasteiger partial charge in [-0.15, -0.1) is 0 Å². The van der Waals surface area contributed by atoms with Gasteiger partial charge in [-0.2, -0.15) is 5.10 Å². The number of aromatic nitrogens is 2. The molecule has 98 valence electrons. The number of nitrogens with two attached hydrogens (primary N) is 1. The first kappa shape index (κ1) is 12.0. The van der Waals surface area contributed by atoms with Crippen molar-refractivity contribution in [1.29, 1.82) is 0 Å². The summed E-state index contributed by atoms with van der Waals surface area (Å²) < 4.78 is 1.95. The van der Waals surface area contributed by atoms with E-state index < -0.39 is 0 Å². The zero-order chi connectivity index (χ0) is 12.9. The van der Waals surface area contributed by atoms with Crippen molar-refractivity contribution < 1.29 is 0 Å². The second kappa shape index (κ2) is 4.23. The van der Waals surface area contributed by atoms with Crippen LogP contribution in [0.25, 0.3) is 0 Å². The van der Waals surface area contributed by atoms with E-state index in [2.05, 4.69) is 10.00 Å². The van der Waals surface area contributed by atoms with Crippen molar-refractivity contribution in [2.75, 3.05) is 11.4 Å². The van der Waals surface area contributed by atoms with Crippen LogP contribution in [0.5, 0.6) is 0 Å². The van der Waals surface area contributed by atoms with E-state index in [0.717, 1.165) is 29.5 Å². The molecular formula is C13H20N4S. The van der Waals surface area contributed by atoms with Gasteiger partial charge in [-0.05, 0) is 38.5 Å². The molecule has 0 saturated heterocycles. The van der Waals surface area contributed by atoms with E-state index in [1.54, 1.807) is 0 Å². The molecule has 0 spiro atoms. The molecule has 0 bridgehead atoms. The molecule has 1 aromatic rings. The molecule has 0 atom stereocenters. The lowest BCUT2D eigenvalue weighted by Gasteiger charge is -2.25. The molecule has 18 heavy (non-hydrogen) atoms. The Morgan fingerprint density at radius 2 is 2.11 bits per heavy atom. The van der Waals surface area contributed by atoms with E-state index in [4.69, 9.17) is 18.0 Å². The minimum absolute atomic E-state index is 0.469. The fraction of sp³-hybridized carbons (Fsp3) is 0.692. The van der Waals surface area contributed by atoms with Crippen molar-refractivity contribution >= 4 is 23.0 Å². The molecule has 3 rings (SSSR count). The summed E-state index contributed by atoms with van der Waals surface area (Å²) >= 11 is 5.20. The Labute approximate surface area is 113 Å². The zero-order valence-corrected chi connectivity index (χ0v) is 11.8. The molecule has 0 aromatic carbocycles. The Balaban J connectivity index is 1.98. The minimum atomic E-state index is 0.469. The lowest BCUT2D eigenvalue weighted by molar-refractivity contribution is 0.662. The molecule has 2 N–H and O–H groups in total. The number of rotatable bonds is 5. The van der Waals surface area contributed by atoms with Crippen LogP contribution in [0.2, 0.25) is 0 Å². The van der Waals surface area contributed by atoms with Gasteiger partial charge < -0.3 is 10.6 Å². The third-order valence-electron chi connectivity index (χ3n) is 3.85. The number of anilines is 1. The number of nitrogens with zero attached hydrogens (tertiary/aromatic N) is 3. The summed E-state index contributed by atoms with van der Waals surface area (Å²) in [7, 11) is 1.99. The maximum absolute atomic E-state index is 5.88. The smallest absolute Gasteiger partial charge is 0.137 e. The van der Waals surface area contributed by atoms with E-state index >= 15 is 0 Å². The fourth-order valence-electron chi connectivity index (χ4n) is 2.64. The number of hydrogen-bond donors (Lipinski definition) is 1. The van der Waals surface area contributed by atoms with E-state index in [-0.39, 0.29) is 0 Å². The summed E-state index contributed by atoms with van der Waals surface area (Å²) in [5.41, 5.74) is 7.80. The highest BCUT2D eigenvalue weighted by Gasteiger charge is 2.37. The van der Waals surface area contributed by atoms with Crippen molar-refractivity contribution in [3.63, 3.8) is 0 Å². The lowest BCUT2D eigenvalue weighted by Crippen LogP contribution is -2.32. The molecule has 2 aliphatic rings. The summed E-state index contributed by atoms with van der Waals surface area (Å²) in [5.74, 6) is 1.99. The van der Waals surface area contributed by atoms with E-state index in [1.807, 2.05) is 18.7 Å². The first-order valence-corrected chi connectivity index (χ1v) is 7.08. The van der Waals surface area contributed by atoms with Crippen molar-refractivity contribution in [3.05, 3.63) is 11.3 Å². The molecule has 2 aliphatic carbocycles. The van der Waals surface area contributed by atoms with Crippen LogP contribution >= 0.6 is 12.2 Å². The van der Waals surface area contributed by atoms with Crippen LogP contribution in [-0.4, -0.2) is 27.4 Å². The molecule has 2 saturated carbocycles. The van der Waals surface area contributed by atoms with Crippen LogP contribution in [0, 0.1) is 12.8 Å². The van der Waals surface area contributed by atoms with Crippen LogP contribution in [0.1, 0.15) is 36.9 Å². The van der Waals surface area contributed by atoms with Gasteiger partial charge in [0.2, 0.25) is 0 Å². The summed E-state index contributed by atoms with van der Waals surface area (Å²) in [6.45, 7) is 3.12. The van der Waals surface area contributed by atoms with Gasteiger partial charge in [0.05, 0.1) is 11.3 Å². The molecule has 5 heteroatoms. The Morgan fingerprint density at radius 1 is 1.44 bits per heavy atom. The zero-order valence-electron chi connectivity index (χ0n) is 11.0. The standard InChI is InChI=1S/C13H20N4S/c1-8-11(12(14)18)13(16(2)15-8)17(10-5-6-10)7-9-3-4-9/h9-10H,3-7H2,1-2H3,(H2,14,18). The summed E-state index contributed by atoms with van der Waals surface area (Å²) in [6, 6.07) is 0.675. The van der Waals surface area contributed by atoms with Crippen LogP contribution in [0.3, 0.4) is 0 Å². The second-order valence-electron chi connectivity index (χ2n) is 5.60. The van der Waals surface area contributed by atoms with Crippen molar-refractivity contribution in [1.82, 2.24) is 9.78 Å². The van der Waals surface area contributed by atoms with Gasteiger partial charge in [0.25, 0.3) is 0 Å². The Hall–Kier alpha value is -1.10. The van der Waals surface area contributed by atoms with Crippen LogP contribution in [0.4, 0.5) is 5.82 Å². The van der Waals surface area contributed by atoms with E-state index in [1.165, 1.54) is 25.7 Å². The molecule has 0 aliphatic heterocycles. The highest BCUT2D eigenvalue weighted by molar-refractivity contribution is 7.80. The third kappa shape index (κ3) is 2.11. The topological polar surface area (TPSA) is 47.1 Å². The Morgan fingerprint density at radius 3 is 2.61 bits per heavy atom. The average Bonchev–Trinajstić information content (AvgIpc) is 3.14. The maximum atomic E-state index is 5.88. The van der Waals surface area contributed by atoms with Crippen LogP contribution in [-0.2, 0) is 7.05 Å². The van der Waals surface area contributed by atoms with Gasteiger partial charge in [0.15, 0.2) is 0 Å². The van der Waals surface area contributed by atoms with Gasteiger partial charge in [-0.3, -0.25) is 4.68 Å². The molecule has 2 fully saturated rings. The molecule has 1 heterocycles. The van der Waals surface area contributed by atoms with Crippen molar-refractivity contribution in [3.8, 4) is 0 Å². The largest absolute Gasteiger partial charge is 0.389 e. The highest BCUT2D eigenvalue weighted by atomic mass is 32.1. The van der Waals surface area contributed by atoms with Crippen molar-refractivity contribution in [2.24, 2.45) is 18.7 Å². The quantitative estimate of drug-likeness (QED) is 0.823. The Bertz CT molecular complexity index is 485. The summed E-state index contributed by atoms with van der Waals surface area (Å²) in [6.07, 6.45) is 5.30. The first-order valence-electron chi connectivity index (χ1n) is 6.68. The maximum Gasteiger partial charge on any atom is 0.137 e. The second-order valence-corrected chi connectivity index (χ2v) is 6.04. The van der Waals surface area contributed by atoms with E-state index in [0.29, 0.717) is 11.0 Å². The highest BCUT2D eigenvalue weighted by Crippen LogP contribution is 2.39. The number of hydrogen-bond acceptors (Lipinski definition) is 3. The first-order chi connectivity index (χ1) is 8.58. The van der Waals surface area contributed by atoms with Crippen LogP contribution < -0.4 is 10.6 Å². The number of thiocarbonyl (C=S) groups is 1. The minimum Gasteiger partial charge on any atom is -0.389 e. The Kier molecular flexibility index (Phi) is 2.81. The van der Waals surface area contributed by atoms with Crippen LogP contribution in [0.15, 0.2) is 0 Å². The monoisotopic (exact) mass is 264 g/mol. The summed E-state index contributed by atoms with van der Waals surface area (Å²) in [5, 5.41) is 4.50. The molecule has 0 unspecified atom stereocenters. The van der Waals surface area contributed by atoms with Gasteiger partial charge in [-0.25, -0.2) is 0 Å². The number of aryl methyl sites for hydroxylation is 2. The predicted molar refractivity (Wildman–Crippen MR) is 76.9 cm³/mol. The molecular weight excluding hydrogens is 244 g/mol. The third-order valence-corrected chi connectivity index (χ3v) is 4.05. The van der Waals surface area contributed by atoms with Gasteiger partial charge in [0, 0.05) is 19.6 Å². The van der Waals surface area contributed by atoms with E-state index in [9.17, 15) is 0 Å². The summed E-state index contributed by atoms with van der Waals surface area (Å²) in [4.78, 5) is 2.96. The van der Waals surface area contributed by atoms with Gasteiger partial charge >= 0.3 is 0 Å². The molecule has 0 amide bonds. The molecule has 4 nitrogen and oxygen atoms in total. The van der Waals surface area contributed by atoms with Crippen molar-refractivity contribution in [2.45, 2.75) is 38.6 Å². The normalized spacial score (nSPS) is 19.0. The molecule has 0 radical (unpaired) electrons. The predicted octanol–water partition coefficient (Wildman–Crippen LogP) is 1.74. The molecule has 1 aromatic heterocycles. The van der Waals surface area contributed by atoms with Gasteiger partial charge in [0.1, 0.15) is 10.8 Å².